The predicted octanol–water partition coefficient (Wildman–Crippen LogP) is -0.728. The standard InChI is InChI=1S/C8H16N2O/c11-8-5-10(6-8)2-1-7-3-9-4-7/h7-9,11H,1-6H2. The van der Waals surface area contributed by atoms with E-state index in [9.17, 15) is 0 Å². The Balaban J connectivity index is 1.53. The first kappa shape index (κ1) is 7.53. The van der Waals surface area contributed by atoms with Crippen LogP contribution in [-0.2, 0) is 0 Å². The molecule has 0 aromatic rings. The van der Waals surface area contributed by atoms with Crippen LogP contribution in [0.25, 0.3) is 0 Å². The summed E-state index contributed by atoms with van der Waals surface area (Å²) in [5.74, 6) is 0.910. The highest BCUT2D eigenvalue weighted by atomic mass is 16.3. The molecule has 2 aliphatic rings. The second kappa shape index (κ2) is 3.09. The monoisotopic (exact) mass is 156 g/mol. The van der Waals surface area contributed by atoms with Gasteiger partial charge < -0.3 is 10.4 Å². The van der Waals surface area contributed by atoms with Crippen LogP contribution < -0.4 is 5.32 Å². The Hall–Kier alpha value is -0.120. The molecule has 0 saturated carbocycles. The summed E-state index contributed by atoms with van der Waals surface area (Å²) < 4.78 is 0. The van der Waals surface area contributed by atoms with Crippen molar-refractivity contribution < 1.29 is 5.11 Å². The Labute approximate surface area is 67.4 Å². The van der Waals surface area contributed by atoms with Gasteiger partial charge in [-0.1, -0.05) is 0 Å². The topological polar surface area (TPSA) is 35.5 Å². The van der Waals surface area contributed by atoms with Gasteiger partial charge in [0.1, 0.15) is 0 Å². The Morgan fingerprint density at radius 1 is 1.36 bits per heavy atom. The van der Waals surface area contributed by atoms with Crippen LogP contribution in [0.1, 0.15) is 6.42 Å². The molecule has 0 bridgehead atoms. The molecule has 2 N–H and O–H groups in total. The van der Waals surface area contributed by atoms with Crippen LogP contribution in [0.3, 0.4) is 0 Å². The van der Waals surface area contributed by atoms with Gasteiger partial charge in [0.05, 0.1) is 6.10 Å². The molecule has 0 aliphatic carbocycles. The molecular formula is C8H16N2O. The number of β-amino-alcohol motifs (C(OH)–C–C–N with tert-alkyl or cyclic N) is 1. The van der Waals surface area contributed by atoms with Crippen molar-refractivity contribution in [3.05, 3.63) is 0 Å². The number of nitrogens with one attached hydrogen (secondary N) is 1. The number of hydrogen-bond acceptors (Lipinski definition) is 3. The second-order valence-electron chi connectivity index (χ2n) is 3.73. The molecule has 0 aromatic carbocycles. The SMILES string of the molecule is OC1CN(CCC2CNC2)C1. The van der Waals surface area contributed by atoms with E-state index in [2.05, 4.69) is 10.2 Å². The zero-order valence-corrected chi connectivity index (χ0v) is 6.79. The van der Waals surface area contributed by atoms with Gasteiger partial charge in [0.15, 0.2) is 0 Å². The van der Waals surface area contributed by atoms with Gasteiger partial charge in [-0.3, -0.25) is 4.90 Å². The van der Waals surface area contributed by atoms with Gasteiger partial charge in [-0.2, -0.15) is 0 Å². The number of nitrogens with zero attached hydrogens (tertiary/aromatic N) is 1. The first-order valence-electron chi connectivity index (χ1n) is 4.46. The predicted molar refractivity (Wildman–Crippen MR) is 43.4 cm³/mol. The fourth-order valence-corrected chi connectivity index (χ4v) is 1.64. The molecule has 0 atom stereocenters. The lowest BCUT2D eigenvalue weighted by Crippen LogP contribution is -2.52. The smallest absolute Gasteiger partial charge is 0.0793 e. The third kappa shape index (κ3) is 1.72. The van der Waals surface area contributed by atoms with Crippen LogP contribution in [0.2, 0.25) is 0 Å². The van der Waals surface area contributed by atoms with Crippen molar-refractivity contribution in [2.24, 2.45) is 5.92 Å². The highest BCUT2D eigenvalue weighted by Crippen LogP contribution is 2.13. The van der Waals surface area contributed by atoms with Crippen LogP contribution >= 0.6 is 0 Å². The normalized spacial score (nSPS) is 28.1. The molecule has 2 heterocycles. The minimum absolute atomic E-state index is 0.0329. The summed E-state index contributed by atoms with van der Waals surface area (Å²) in [6, 6.07) is 0. The van der Waals surface area contributed by atoms with Crippen molar-refractivity contribution in [1.29, 1.82) is 0 Å². The first-order valence-corrected chi connectivity index (χ1v) is 4.46. The van der Waals surface area contributed by atoms with Crippen molar-refractivity contribution in [3.8, 4) is 0 Å². The van der Waals surface area contributed by atoms with Gasteiger partial charge in [0.2, 0.25) is 0 Å². The third-order valence-corrected chi connectivity index (χ3v) is 2.66. The molecule has 0 amide bonds. The summed E-state index contributed by atoms with van der Waals surface area (Å²) in [6.45, 7) is 5.40. The summed E-state index contributed by atoms with van der Waals surface area (Å²) in [7, 11) is 0. The number of rotatable bonds is 3. The average Bonchev–Trinajstić information content (AvgIpc) is 1.80. The van der Waals surface area contributed by atoms with Crippen molar-refractivity contribution in [3.63, 3.8) is 0 Å². The Morgan fingerprint density at radius 3 is 2.55 bits per heavy atom. The molecule has 2 aliphatic heterocycles. The third-order valence-electron chi connectivity index (χ3n) is 2.66. The van der Waals surface area contributed by atoms with Crippen LogP contribution in [-0.4, -0.2) is 48.8 Å². The maximum absolute atomic E-state index is 9.00. The Morgan fingerprint density at radius 2 is 2.09 bits per heavy atom. The van der Waals surface area contributed by atoms with Crippen LogP contribution in [0.15, 0.2) is 0 Å². The molecule has 2 rings (SSSR count). The van der Waals surface area contributed by atoms with Crippen molar-refractivity contribution >= 4 is 0 Å². The minimum Gasteiger partial charge on any atom is -0.390 e. The fourth-order valence-electron chi connectivity index (χ4n) is 1.64. The Bertz CT molecular complexity index is 130. The summed E-state index contributed by atoms with van der Waals surface area (Å²) in [5.41, 5.74) is 0. The summed E-state index contributed by atoms with van der Waals surface area (Å²) in [6.07, 6.45) is 1.27. The lowest BCUT2D eigenvalue weighted by atomic mass is 9.98. The van der Waals surface area contributed by atoms with Crippen molar-refractivity contribution in [2.45, 2.75) is 12.5 Å². The van der Waals surface area contributed by atoms with E-state index >= 15 is 0 Å². The molecule has 11 heavy (non-hydrogen) atoms. The van der Waals surface area contributed by atoms with E-state index in [0.29, 0.717) is 0 Å². The quantitative estimate of drug-likeness (QED) is 0.565. The number of likely N-dealkylation sites (tertiary alicyclic amines) is 1. The summed E-state index contributed by atoms with van der Waals surface area (Å²) in [5, 5.41) is 12.3. The molecule has 2 saturated heterocycles. The van der Waals surface area contributed by atoms with E-state index in [1.54, 1.807) is 0 Å². The largest absolute Gasteiger partial charge is 0.390 e. The molecule has 0 spiro atoms. The number of aliphatic hydroxyl groups excluding tert-OH is 1. The van der Waals surface area contributed by atoms with E-state index in [1.807, 2.05) is 0 Å². The molecule has 0 aromatic heterocycles. The molecular weight excluding hydrogens is 140 g/mol. The van der Waals surface area contributed by atoms with E-state index in [1.165, 1.54) is 26.1 Å². The van der Waals surface area contributed by atoms with Crippen molar-refractivity contribution in [2.75, 3.05) is 32.7 Å². The molecule has 0 radical (unpaired) electrons. The first-order chi connectivity index (χ1) is 5.34. The van der Waals surface area contributed by atoms with E-state index in [4.69, 9.17) is 5.11 Å². The Kier molecular flexibility index (Phi) is 2.11. The van der Waals surface area contributed by atoms with Crippen LogP contribution in [0.4, 0.5) is 0 Å². The van der Waals surface area contributed by atoms with Gasteiger partial charge in [0.25, 0.3) is 0 Å². The molecule has 3 heteroatoms. The van der Waals surface area contributed by atoms with Crippen LogP contribution in [0.5, 0.6) is 0 Å². The van der Waals surface area contributed by atoms with Gasteiger partial charge in [-0.15, -0.1) is 0 Å². The summed E-state index contributed by atoms with van der Waals surface area (Å²) in [4.78, 5) is 2.32. The van der Waals surface area contributed by atoms with Crippen molar-refractivity contribution in [1.82, 2.24) is 10.2 Å². The lowest BCUT2D eigenvalue weighted by Gasteiger charge is -2.38. The number of aliphatic hydroxyl groups is 1. The minimum atomic E-state index is -0.0329. The molecule has 64 valence electrons. The maximum atomic E-state index is 9.00. The van der Waals surface area contributed by atoms with Gasteiger partial charge >= 0.3 is 0 Å². The van der Waals surface area contributed by atoms with Gasteiger partial charge in [-0.05, 0) is 32.0 Å². The van der Waals surface area contributed by atoms with Crippen LogP contribution in [0, 0.1) is 5.92 Å². The van der Waals surface area contributed by atoms with E-state index in [-0.39, 0.29) is 6.10 Å². The highest BCUT2D eigenvalue weighted by molar-refractivity contribution is 4.81. The molecule has 2 fully saturated rings. The summed E-state index contributed by atoms with van der Waals surface area (Å²) >= 11 is 0. The highest BCUT2D eigenvalue weighted by Gasteiger charge is 2.25. The zero-order chi connectivity index (χ0) is 7.68. The molecule has 3 nitrogen and oxygen atoms in total. The van der Waals surface area contributed by atoms with Gasteiger partial charge in [0, 0.05) is 13.1 Å². The fraction of sp³-hybridized carbons (Fsp3) is 1.00. The van der Waals surface area contributed by atoms with Gasteiger partial charge in [-0.25, -0.2) is 0 Å². The number of hydrogen-bond donors (Lipinski definition) is 2. The van der Waals surface area contributed by atoms with E-state index < -0.39 is 0 Å². The lowest BCUT2D eigenvalue weighted by molar-refractivity contribution is -0.00178. The zero-order valence-electron chi connectivity index (χ0n) is 6.79. The van der Waals surface area contributed by atoms with E-state index in [0.717, 1.165) is 19.0 Å². The average molecular weight is 156 g/mol. The second-order valence-corrected chi connectivity index (χ2v) is 3.73. The maximum Gasteiger partial charge on any atom is 0.0793 e. The molecule has 0 unspecified atom stereocenters.